The molecule has 14 heavy (non-hydrogen) atoms. The fourth-order valence-electron chi connectivity index (χ4n) is 1.00. The Labute approximate surface area is 87.7 Å². The predicted molar refractivity (Wildman–Crippen MR) is 49.7 cm³/mol. The predicted octanol–water partition coefficient (Wildman–Crippen LogP) is 3.28. The van der Waals surface area contributed by atoms with Crippen LogP contribution in [0.5, 0.6) is 0 Å². The summed E-state index contributed by atoms with van der Waals surface area (Å²) in [6.07, 6.45) is -2.13. The topological polar surface area (TPSA) is 20.2 Å². The number of hydrogen-bond donors (Lipinski definition) is 1. The summed E-state index contributed by atoms with van der Waals surface area (Å²) in [6.45, 7) is 0.540. The van der Waals surface area contributed by atoms with Crippen molar-refractivity contribution in [2.45, 2.75) is 19.0 Å². The minimum absolute atomic E-state index is 0.0540. The molecule has 1 rings (SSSR count). The quantitative estimate of drug-likeness (QED) is 0.873. The van der Waals surface area contributed by atoms with Crippen molar-refractivity contribution in [3.05, 3.63) is 34.1 Å². The highest BCUT2D eigenvalue weighted by atomic mass is 79.9. The standard InChI is InChI=1S/C9H8BrF3O/c1-9(12,13)8(14)5-3-2-4-6(10)7(5)11/h2-4,8,14H,1H3. The lowest BCUT2D eigenvalue weighted by molar-refractivity contribution is -0.0967. The minimum atomic E-state index is -3.36. The summed E-state index contributed by atoms with van der Waals surface area (Å²) in [5.74, 6) is -4.22. The molecule has 1 nitrogen and oxygen atoms in total. The van der Waals surface area contributed by atoms with Crippen LogP contribution in [0.4, 0.5) is 13.2 Å². The van der Waals surface area contributed by atoms with Gasteiger partial charge in [0.2, 0.25) is 0 Å². The third-order valence-corrected chi connectivity index (χ3v) is 2.37. The van der Waals surface area contributed by atoms with E-state index in [2.05, 4.69) is 15.9 Å². The molecule has 1 aromatic rings. The average molecular weight is 269 g/mol. The van der Waals surface area contributed by atoms with Crippen LogP contribution in [0.2, 0.25) is 0 Å². The third kappa shape index (κ3) is 2.27. The Morgan fingerprint density at radius 2 is 2.00 bits per heavy atom. The number of halogens is 4. The minimum Gasteiger partial charge on any atom is -0.382 e. The molecule has 0 aliphatic heterocycles. The van der Waals surface area contributed by atoms with Crippen molar-refractivity contribution in [2.24, 2.45) is 0 Å². The molecule has 0 aliphatic rings. The van der Waals surface area contributed by atoms with Gasteiger partial charge in [0.05, 0.1) is 4.47 Å². The van der Waals surface area contributed by atoms with Gasteiger partial charge in [-0.25, -0.2) is 13.2 Å². The molecule has 1 aromatic carbocycles. The molecule has 0 aliphatic carbocycles. The van der Waals surface area contributed by atoms with E-state index >= 15 is 0 Å². The highest BCUT2D eigenvalue weighted by Crippen LogP contribution is 2.33. The van der Waals surface area contributed by atoms with E-state index < -0.39 is 23.4 Å². The zero-order valence-electron chi connectivity index (χ0n) is 7.27. The zero-order valence-corrected chi connectivity index (χ0v) is 8.85. The molecular weight excluding hydrogens is 261 g/mol. The van der Waals surface area contributed by atoms with Gasteiger partial charge in [0.1, 0.15) is 11.9 Å². The van der Waals surface area contributed by atoms with Crippen molar-refractivity contribution in [2.75, 3.05) is 0 Å². The van der Waals surface area contributed by atoms with Gasteiger partial charge < -0.3 is 5.11 Å². The number of rotatable bonds is 2. The fourth-order valence-corrected chi connectivity index (χ4v) is 1.39. The van der Waals surface area contributed by atoms with Crippen LogP contribution in [0.15, 0.2) is 22.7 Å². The van der Waals surface area contributed by atoms with E-state index in [0.717, 1.165) is 6.07 Å². The Morgan fingerprint density at radius 1 is 1.43 bits per heavy atom. The number of alkyl halides is 2. The van der Waals surface area contributed by atoms with Gasteiger partial charge in [-0.15, -0.1) is 0 Å². The monoisotopic (exact) mass is 268 g/mol. The highest BCUT2D eigenvalue weighted by molar-refractivity contribution is 9.10. The van der Waals surface area contributed by atoms with Gasteiger partial charge in [0.15, 0.2) is 0 Å². The first kappa shape index (κ1) is 11.5. The van der Waals surface area contributed by atoms with Gasteiger partial charge in [-0.3, -0.25) is 0 Å². The third-order valence-electron chi connectivity index (χ3n) is 1.76. The van der Waals surface area contributed by atoms with Gasteiger partial charge in [0.25, 0.3) is 5.92 Å². The molecule has 78 valence electrons. The molecule has 0 spiro atoms. The Morgan fingerprint density at radius 3 is 2.50 bits per heavy atom. The number of hydrogen-bond acceptors (Lipinski definition) is 1. The van der Waals surface area contributed by atoms with Gasteiger partial charge in [0, 0.05) is 12.5 Å². The van der Waals surface area contributed by atoms with E-state index in [4.69, 9.17) is 5.11 Å². The molecule has 0 heterocycles. The van der Waals surface area contributed by atoms with Gasteiger partial charge in [-0.05, 0) is 22.0 Å². The summed E-state index contributed by atoms with van der Waals surface area (Å²) >= 11 is 2.85. The Kier molecular flexibility index (Phi) is 3.21. The summed E-state index contributed by atoms with van der Waals surface area (Å²) in [5.41, 5.74) is -0.410. The summed E-state index contributed by atoms with van der Waals surface area (Å²) < 4.78 is 38.7. The molecule has 0 aromatic heterocycles. The van der Waals surface area contributed by atoms with Crippen LogP contribution < -0.4 is 0 Å². The fraction of sp³-hybridized carbons (Fsp3) is 0.333. The van der Waals surface area contributed by atoms with E-state index in [1.807, 2.05) is 0 Å². The lowest BCUT2D eigenvalue weighted by atomic mass is 10.0. The van der Waals surface area contributed by atoms with Gasteiger partial charge in [-0.1, -0.05) is 12.1 Å². The molecule has 0 radical (unpaired) electrons. The SMILES string of the molecule is CC(F)(F)C(O)c1cccc(Br)c1F. The molecule has 0 saturated carbocycles. The summed E-state index contributed by atoms with van der Waals surface area (Å²) in [6, 6.07) is 3.89. The van der Waals surface area contributed by atoms with Crippen LogP contribution >= 0.6 is 15.9 Å². The van der Waals surface area contributed by atoms with E-state index in [9.17, 15) is 13.2 Å². The molecule has 0 fully saturated rings. The van der Waals surface area contributed by atoms with E-state index in [-0.39, 0.29) is 4.47 Å². The zero-order chi connectivity index (χ0) is 10.9. The van der Waals surface area contributed by atoms with Crippen molar-refractivity contribution in [1.29, 1.82) is 0 Å². The maximum atomic E-state index is 13.2. The van der Waals surface area contributed by atoms with Crippen molar-refractivity contribution in [1.82, 2.24) is 0 Å². The molecule has 1 N–H and O–H groups in total. The second-order valence-corrected chi connectivity index (χ2v) is 3.86. The highest BCUT2D eigenvalue weighted by Gasteiger charge is 2.35. The molecular formula is C9H8BrF3O. The maximum absolute atomic E-state index is 13.2. The molecule has 0 saturated heterocycles. The second kappa shape index (κ2) is 3.90. The molecule has 1 atom stereocenters. The van der Waals surface area contributed by atoms with Gasteiger partial charge >= 0.3 is 0 Å². The van der Waals surface area contributed by atoms with Crippen LogP contribution in [-0.4, -0.2) is 11.0 Å². The number of aliphatic hydroxyl groups excluding tert-OH is 1. The molecule has 1 unspecified atom stereocenters. The first-order valence-electron chi connectivity index (χ1n) is 3.84. The van der Waals surface area contributed by atoms with Crippen LogP contribution in [0.25, 0.3) is 0 Å². The summed E-state index contributed by atoms with van der Waals surface area (Å²) in [7, 11) is 0. The van der Waals surface area contributed by atoms with E-state index in [1.165, 1.54) is 12.1 Å². The van der Waals surface area contributed by atoms with Crippen LogP contribution in [0.1, 0.15) is 18.6 Å². The summed E-state index contributed by atoms with van der Waals surface area (Å²) in [4.78, 5) is 0. The lowest BCUT2D eigenvalue weighted by Crippen LogP contribution is -2.22. The number of benzene rings is 1. The van der Waals surface area contributed by atoms with E-state index in [1.54, 1.807) is 0 Å². The smallest absolute Gasteiger partial charge is 0.274 e. The largest absolute Gasteiger partial charge is 0.382 e. The lowest BCUT2D eigenvalue weighted by Gasteiger charge is -2.19. The molecule has 5 heteroatoms. The first-order valence-corrected chi connectivity index (χ1v) is 4.63. The maximum Gasteiger partial charge on any atom is 0.274 e. The van der Waals surface area contributed by atoms with Crippen molar-refractivity contribution < 1.29 is 18.3 Å². The molecule has 0 bridgehead atoms. The number of aliphatic hydroxyl groups is 1. The normalized spacial score (nSPS) is 14.1. The second-order valence-electron chi connectivity index (χ2n) is 3.00. The van der Waals surface area contributed by atoms with Crippen molar-refractivity contribution in [3.8, 4) is 0 Å². The van der Waals surface area contributed by atoms with Crippen molar-refractivity contribution >= 4 is 15.9 Å². The van der Waals surface area contributed by atoms with E-state index in [0.29, 0.717) is 6.92 Å². The average Bonchev–Trinajstić information content (AvgIpc) is 2.07. The van der Waals surface area contributed by atoms with Crippen LogP contribution in [0.3, 0.4) is 0 Å². The van der Waals surface area contributed by atoms with Crippen molar-refractivity contribution in [3.63, 3.8) is 0 Å². The molecule has 0 amide bonds. The first-order chi connectivity index (χ1) is 6.34. The summed E-state index contributed by atoms with van der Waals surface area (Å²) in [5, 5.41) is 9.15. The Bertz CT molecular complexity index is 335. The van der Waals surface area contributed by atoms with Crippen LogP contribution in [0, 0.1) is 5.82 Å². The van der Waals surface area contributed by atoms with Crippen LogP contribution in [-0.2, 0) is 0 Å². The van der Waals surface area contributed by atoms with Gasteiger partial charge in [-0.2, -0.15) is 0 Å². The Balaban J connectivity index is 3.14. The Hall–Kier alpha value is -0.550.